The first-order chi connectivity index (χ1) is 17.0. The molecule has 1 fully saturated rings. The molecule has 1 saturated heterocycles. The highest BCUT2D eigenvalue weighted by atomic mass is 19.4. The molecule has 1 aliphatic heterocycles. The number of aryl methyl sites for hydroxylation is 2. The molecular weight excluding hydrogens is 465 g/mol. The molecule has 1 aliphatic rings. The lowest BCUT2D eigenvalue weighted by Gasteiger charge is -2.33. The summed E-state index contributed by atoms with van der Waals surface area (Å²) in [7, 11) is 3.70. The number of nitrogens with zero attached hydrogens (tertiary/aromatic N) is 4. The van der Waals surface area contributed by atoms with Crippen LogP contribution < -0.4 is 4.90 Å². The van der Waals surface area contributed by atoms with Gasteiger partial charge in [-0.15, -0.1) is 0 Å². The zero-order valence-electron chi connectivity index (χ0n) is 21.1. The van der Waals surface area contributed by atoms with E-state index in [9.17, 15) is 18.0 Å². The van der Waals surface area contributed by atoms with Crippen molar-refractivity contribution in [3.05, 3.63) is 82.5 Å². The number of anilines is 1. The van der Waals surface area contributed by atoms with Crippen LogP contribution in [0.5, 0.6) is 0 Å². The lowest BCUT2D eigenvalue weighted by atomic mass is 9.96. The van der Waals surface area contributed by atoms with Crippen molar-refractivity contribution >= 4 is 11.7 Å². The standard InChI is InChI=1S/C28H31F3N4O/c1-19-13-21(15-22(14-19)28(29,30)31)18-34(4)27(36)25-17-32-26(35-11-9-33(3)10-12-35)16-24(25)23-8-6-5-7-20(23)2/h5-8,13-17H,9-12,18H2,1-4H3. The lowest BCUT2D eigenvalue weighted by Crippen LogP contribution is -2.44. The second-order valence-corrected chi connectivity index (χ2v) is 9.56. The van der Waals surface area contributed by atoms with Gasteiger partial charge in [0.15, 0.2) is 0 Å². The molecule has 0 aliphatic carbocycles. The van der Waals surface area contributed by atoms with E-state index in [1.54, 1.807) is 26.2 Å². The number of alkyl halides is 3. The van der Waals surface area contributed by atoms with Crippen molar-refractivity contribution in [3.8, 4) is 11.1 Å². The predicted molar refractivity (Wildman–Crippen MR) is 136 cm³/mol. The van der Waals surface area contributed by atoms with E-state index in [0.29, 0.717) is 16.7 Å². The van der Waals surface area contributed by atoms with Gasteiger partial charge >= 0.3 is 6.18 Å². The van der Waals surface area contributed by atoms with Gasteiger partial charge in [-0.05, 0) is 61.3 Å². The number of piperazine rings is 1. The van der Waals surface area contributed by atoms with Gasteiger partial charge in [0, 0.05) is 46.0 Å². The molecule has 4 rings (SSSR count). The molecule has 2 heterocycles. The quantitative estimate of drug-likeness (QED) is 0.474. The van der Waals surface area contributed by atoms with E-state index in [4.69, 9.17) is 0 Å². The number of likely N-dealkylation sites (N-methyl/N-ethyl adjacent to an activating group) is 1. The number of carbonyl (C=O) groups is 1. The summed E-state index contributed by atoms with van der Waals surface area (Å²) in [5, 5.41) is 0. The molecule has 0 N–H and O–H groups in total. The Balaban J connectivity index is 1.68. The second kappa shape index (κ2) is 10.3. The third-order valence-corrected chi connectivity index (χ3v) is 6.61. The fourth-order valence-electron chi connectivity index (χ4n) is 4.59. The van der Waals surface area contributed by atoms with E-state index in [0.717, 1.165) is 60.8 Å². The molecule has 0 bridgehead atoms. The second-order valence-electron chi connectivity index (χ2n) is 9.56. The van der Waals surface area contributed by atoms with Crippen LogP contribution in [0.2, 0.25) is 0 Å². The van der Waals surface area contributed by atoms with Gasteiger partial charge in [-0.1, -0.05) is 35.9 Å². The highest BCUT2D eigenvalue weighted by molar-refractivity contribution is 6.01. The fourth-order valence-corrected chi connectivity index (χ4v) is 4.59. The Labute approximate surface area is 210 Å². The number of rotatable bonds is 5. The van der Waals surface area contributed by atoms with Crippen LogP contribution >= 0.6 is 0 Å². The predicted octanol–water partition coefficient (Wildman–Crippen LogP) is 5.41. The monoisotopic (exact) mass is 496 g/mol. The first kappa shape index (κ1) is 25.7. The van der Waals surface area contributed by atoms with Crippen LogP contribution in [0.1, 0.15) is 32.6 Å². The molecule has 36 heavy (non-hydrogen) atoms. The summed E-state index contributed by atoms with van der Waals surface area (Å²) in [6, 6.07) is 13.7. The molecule has 0 radical (unpaired) electrons. The molecule has 190 valence electrons. The lowest BCUT2D eigenvalue weighted by molar-refractivity contribution is -0.137. The summed E-state index contributed by atoms with van der Waals surface area (Å²) in [4.78, 5) is 24.1. The number of aromatic nitrogens is 1. The summed E-state index contributed by atoms with van der Waals surface area (Å²) in [6.45, 7) is 7.23. The minimum atomic E-state index is -4.44. The van der Waals surface area contributed by atoms with E-state index >= 15 is 0 Å². The average Bonchev–Trinajstić information content (AvgIpc) is 2.83. The molecule has 0 unspecified atom stereocenters. The van der Waals surface area contributed by atoms with E-state index < -0.39 is 11.7 Å². The van der Waals surface area contributed by atoms with Crippen molar-refractivity contribution in [2.75, 3.05) is 45.2 Å². The zero-order valence-corrected chi connectivity index (χ0v) is 21.1. The van der Waals surface area contributed by atoms with Gasteiger partial charge in [-0.25, -0.2) is 4.98 Å². The molecule has 0 spiro atoms. The van der Waals surface area contributed by atoms with Crippen LogP contribution in [0.25, 0.3) is 11.1 Å². The Hall–Kier alpha value is -3.39. The van der Waals surface area contributed by atoms with E-state index in [-0.39, 0.29) is 12.5 Å². The largest absolute Gasteiger partial charge is 0.416 e. The number of pyridine rings is 1. The molecule has 1 amide bonds. The summed E-state index contributed by atoms with van der Waals surface area (Å²) < 4.78 is 39.9. The normalized spacial score (nSPS) is 14.7. The highest BCUT2D eigenvalue weighted by Crippen LogP contribution is 2.32. The van der Waals surface area contributed by atoms with Crippen LogP contribution in [0.15, 0.2) is 54.7 Å². The van der Waals surface area contributed by atoms with Crippen LogP contribution in [-0.4, -0.2) is 61.0 Å². The minimum absolute atomic E-state index is 0.0526. The number of benzene rings is 2. The summed E-state index contributed by atoms with van der Waals surface area (Å²) >= 11 is 0. The molecule has 8 heteroatoms. The third-order valence-electron chi connectivity index (χ3n) is 6.61. The van der Waals surface area contributed by atoms with E-state index in [1.165, 1.54) is 4.90 Å². The van der Waals surface area contributed by atoms with E-state index in [1.807, 2.05) is 37.3 Å². The van der Waals surface area contributed by atoms with Crippen molar-refractivity contribution < 1.29 is 18.0 Å². The topological polar surface area (TPSA) is 39.7 Å². The van der Waals surface area contributed by atoms with Crippen LogP contribution in [0, 0.1) is 13.8 Å². The molecule has 0 saturated carbocycles. The Morgan fingerprint density at radius 3 is 2.36 bits per heavy atom. The molecule has 5 nitrogen and oxygen atoms in total. The maximum Gasteiger partial charge on any atom is 0.416 e. The molecule has 3 aromatic rings. The van der Waals surface area contributed by atoms with Crippen LogP contribution in [0.4, 0.5) is 19.0 Å². The Morgan fingerprint density at radius 1 is 1.00 bits per heavy atom. The van der Waals surface area contributed by atoms with Gasteiger partial charge < -0.3 is 14.7 Å². The van der Waals surface area contributed by atoms with Gasteiger partial charge in [0.25, 0.3) is 5.91 Å². The van der Waals surface area contributed by atoms with Gasteiger partial charge in [-0.3, -0.25) is 4.79 Å². The first-order valence-corrected chi connectivity index (χ1v) is 12.0. The summed E-state index contributed by atoms with van der Waals surface area (Å²) in [5.74, 6) is 0.523. The Kier molecular flexibility index (Phi) is 7.36. The average molecular weight is 497 g/mol. The zero-order chi connectivity index (χ0) is 26.0. The van der Waals surface area contributed by atoms with Gasteiger partial charge in [0.05, 0.1) is 11.1 Å². The third kappa shape index (κ3) is 5.70. The summed E-state index contributed by atoms with van der Waals surface area (Å²) in [6.07, 6.45) is -2.84. The van der Waals surface area contributed by atoms with Crippen LogP contribution in [-0.2, 0) is 12.7 Å². The van der Waals surface area contributed by atoms with Gasteiger partial charge in [0.2, 0.25) is 0 Å². The number of hydrogen-bond donors (Lipinski definition) is 0. The first-order valence-electron chi connectivity index (χ1n) is 12.0. The molecule has 2 aromatic carbocycles. The number of amides is 1. The molecular formula is C28H31F3N4O. The van der Waals surface area contributed by atoms with Crippen molar-refractivity contribution in [1.29, 1.82) is 0 Å². The fraction of sp³-hybridized carbons (Fsp3) is 0.357. The molecule has 0 atom stereocenters. The van der Waals surface area contributed by atoms with E-state index in [2.05, 4.69) is 21.8 Å². The smallest absolute Gasteiger partial charge is 0.354 e. The number of halogens is 3. The van der Waals surface area contributed by atoms with Gasteiger partial charge in [0.1, 0.15) is 5.82 Å². The number of carbonyl (C=O) groups excluding carboxylic acids is 1. The maximum absolute atomic E-state index is 13.6. The highest BCUT2D eigenvalue weighted by Gasteiger charge is 2.31. The van der Waals surface area contributed by atoms with Crippen molar-refractivity contribution in [1.82, 2.24) is 14.8 Å². The van der Waals surface area contributed by atoms with Crippen LogP contribution in [0.3, 0.4) is 0 Å². The van der Waals surface area contributed by atoms with Crippen molar-refractivity contribution in [2.24, 2.45) is 0 Å². The Morgan fingerprint density at radius 2 is 1.69 bits per heavy atom. The van der Waals surface area contributed by atoms with Crippen molar-refractivity contribution in [2.45, 2.75) is 26.6 Å². The van der Waals surface area contributed by atoms with Crippen molar-refractivity contribution in [3.63, 3.8) is 0 Å². The maximum atomic E-state index is 13.6. The molecule has 1 aromatic heterocycles. The summed E-state index contributed by atoms with van der Waals surface area (Å²) in [5.41, 5.74) is 3.37. The Bertz CT molecular complexity index is 1250. The van der Waals surface area contributed by atoms with Gasteiger partial charge in [-0.2, -0.15) is 13.2 Å². The SMILES string of the molecule is Cc1cc(CN(C)C(=O)c2cnc(N3CCN(C)CC3)cc2-c2ccccc2C)cc(C(F)(F)F)c1. The minimum Gasteiger partial charge on any atom is -0.354 e. The number of hydrogen-bond acceptors (Lipinski definition) is 4.